The number of ether oxygens (including phenoxy) is 1. The van der Waals surface area contributed by atoms with Gasteiger partial charge in [-0.1, -0.05) is 17.7 Å². The van der Waals surface area contributed by atoms with Crippen LogP contribution in [0.5, 0.6) is 0 Å². The maximum atomic E-state index is 12.2. The standard InChI is InChI=1S/C15H16N2O3S/c1-9-4-5-12(10(2)6-9)14(19)17-15-16-11(8-21-15)7-13(18)20-3/h4-6,8H,7H2,1-3H3,(H,16,17,19). The summed E-state index contributed by atoms with van der Waals surface area (Å²) in [7, 11) is 1.33. The number of anilines is 1. The summed E-state index contributed by atoms with van der Waals surface area (Å²) in [6.45, 7) is 3.88. The van der Waals surface area contributed by atoms with Crippen molar-refractivity contribution in [2.75, 3.05) is 12.4 Å². The number of carbonyl (C=O) groups is 2. The number of thiazole rings is 1. The fourth-order valence-electron chi connectivity index (χ4n) is 1.90. The fourth-order valence-corrected chi connectivity index (χ4v) is 2.60. The number of nitrogens with zero attached hydrogens (tertiary/aromatic N) is 1. The number of rotatable bonds is 4. The zero-order chi connectivity index (χ0) is 15.4. The van der Waals surface area contributed by atoms with Gasteiger partial charge in [0.1, 0.15) is 0 Å². The number of esters is 1. The molecule has 21 heavy (non-hydrogen) atoms. The highest BCUT2D eigenvalue weighted by atomic mass is 32.1. The summed E-state index contributed by atoms with van der Waals surface area (Å²) in [5, 5.41) is 4.95. The topological polar surface area (TPSA) is 68.3 Å². The van der Waals surface area contributed by atoms with E-state index in [1.54, 1.807) is 11.4 Å². The van der Waals surface area contributed by atoms with Crippen LogP contribution in [-0.4, -0.2) is 24.0 Å². The van der Waals surface area contributed by atoms with Crippen molar-refractivity contribution in [1.82, 2.24) is 4.98 Å². The predicted octanol–water partition coefficient (Wildman–Crippen LogP) is 2.73. The number of benzene rings is 1. The third-order valence-electron chi connectivity index (χ3n) is 2.95. The molecule has 1 aromatic heterocycles. The molecule has 0 saturated carbocycles. The number of aryl methyl sites for hydroxylation is 2. The Bertz CT molecular complexity index is 679. The van der Waals surface area contributed by atoms with Crippen LogP contribution in [0.1, 0.15) is 27.2 Å². The van der Waals surface area contributed by atoms with Crippen LogP contribution in [0.25, 0.3) is 0 Å². The van der Waals surface area contributed by atoms with Gasteiger partial charge in [-0.25, -0.2) is 4.98 Å². The van der Waals surface area contributed by atoms with Crippen LogP contribution < -0.4 is 5.32 Å². The number of carbonyl (C=O) groups excluding carboxylic acids is 2. The molecule has 110 valence electrons. The first-order valence-electron chi connectivity index (χ1n) is 6.39. The van der Waals surface area contributed by atoms with Gasteiger partial charge in [0.2, 0.25) is 0 Å². The molecule has 0 bridgehead atoms. The molecule has 1 amide bonds. The Hall–Kier alpha value is -2.21. The number of amides is 1. The molecule has 0 fully saturated rings. The van der Waals surface area contributed by atoms with Crippen molar-refractivity contribution in [2.24, 2.45) is 0 Å². The smallest absolute Gasteiger partial charge is 0.311 e. The number of hydrogen-bond acceptors (Lipinski definition) is 5. The van der Waals surface area contributed by atoms with E-state index in [2.05, 4.69) is 15.0 Å². The van der Waals surface area contributed by atoms with Crippen LogP contribution >= 0.6 is 11.3 Å². The van der Waals surface area contributed by atoms with Crippen LogP contribution in [0.3, 0.4) is 0 Å². The lowest BCUT2D eigenvalue weighted by Crippen LogP contribution is -2.13. The average Bonchev–Trinajstić information content (AvgIpc) is 2.85. The second-order valence-electron chi connectivity index (χ2n) is 4.67. The van der Waals surface area contributed by atoms with E-state index in [1.807, 2.05) is 26.0 Å². The molecule has 0 saturated heterocycles. The van der Waals surface area contributed by atoms with Gasteiger partial charge in [-0.05, 0) is 25.5 Å². The Morgan fingerprint density at radius 2 is 2.10 bits per heavy atom. The van der Waals surface area contributed by atoms with Crippen molar-refractivity contribution in [1.29, 1.82) is 0 Å². The average molecular weight is 304 g/mol. The molecule has 1 N–H and O–H groups in total. The van der Waals surface area contributed by atoms with Gasteiger partial charge < -0.3 is 4.74 Å². The zero-order valence-electron chi connectivity index (χ0n) is 12.1. The van der Waals surface area contributed by atoms with Crippen molar-refractivity contribution in [3.05, 3.63) is 46.0 Å². The van der Waals surface area contributed by atoms with Gasteiger partial charge in [0.15, 0.2) is 5.13 Å². The van der Waals surface area contributed by atoms with E-state index in [1.165, 1.54) is 18.4 Å². The summed E-state index contributed by atoms with van der Waals surface area (Å²) in [5.41, 5.74) is 3.23. The van der Waals surface area contributed by atoms with Crippen molar-refractivity contribution in [3.63, 3.8) is 0 Å². The van der Waals surface area contributed by atoms with Crippen LogP contribution in [-0.2, 0) is 16.0 Å². The molecule has 2 rings (SSSR count). The van der Waals surface area contributed by atoms with Crippen molar-refractivity contribution < 1.29 is 14.3 Å². The molecular weight excluding hydrogens is 288 g/mol. The summed E-state index contributed by atoms with van der Waals surface area (Å²) in [6, 6.07) is 5.65. The monoisotopic (exact) mass is 304 g/mol. The van der Waals surface area contributed by atoms with Gasteiger partial charge in [0, 0.05) is 10.9 Å². The van der Waals surface area contributed by atoms with Crippen LogP contribution in [0.2, 0.25) is 0 Å². The Labute approximate surface area is 127 Å². The maximum absolute atomic E-state index is 12.2. The van der Waals surface area contributed by atoms with E-state index in [0.29, 0.717) is 16.4 Å². The molecule has 1 aromatic carbocycles. The van der Waals surface area contributed by atoms with Gasteiger partial charge >= 0.3 is 5.97 Å². The minimum Gasteiger partial charge on any atom is -0.469 e. The van der Waals surface area contributed by atoms with Crippen LogP contribution in [0, 0.1) is 13.8 Å². The van der Waals surface area contributed by atoms with E-state index in [-0.39, 0.29) is 18.3 Å². The van der Waals surface area contributed by atoms with Crippen LogP contribution in [0.15, 0.2) is 23.6 Å². The number of nitrogens with one attached hydrogen (secondary N) is 1. The fraction of sp³-hybridized carbons (Fsp3) is 0.267. The van der Waals surface area contributed by atoms with E-state index in [4.69, 9.17) is 0 Å². The maximum Gasteiger partial charge on any atom is 0.311 e. The van der Waals surface area contributed by atoms with Gasteiger partial charge in [0.05, 0.1) is 19.2 Å². The van der Waals surface area contributed by atoms with Gasteiger partial charge in [-0.3, -0.25) is 14.9 Å². The van der Waals surface area contributed by atoms with Gasteiger partial charge in [0.25, 0.3) is 5.91 Å². The number of methoxy groups -OCH3 is 1. The molecule has 2 aromatic rings. The summed E-state index contributed by atoms with van der Waals surface area (Å²) < 4.78 is 4.58. The van der Waals surface area contributed by atoms with Crippen molar-refractivity contribution in [2.45, 2.75) is 20.3 Å². The molecule has 0 radical (unpaired) electrons. The van der Waals surface area contributed by atoms with Gasteiger partial charge in [-0.2, -0.15) is 0 Å². The largest absolute Gasteiger partial charge is 0.469 e. The van der Waals surface area contributed by atoms with E-state index >= 15 is 0 Å². The third kappa shape index (κ3) is 3.88. The molecule has 5 nitrogen and oxygen atoms in total. The first kappa shape index (κ1) is 15.2. The predicted molar refractivity (Wildman–Crippen MR) is 81.7 cm³/mol. The molecule has 0 aliphatic carbocycles. The number of hydrogen-bond donors (Lipinski definition) is 1. The Balaban J connectivity index is 2.07. The highest BCUT2D eigenvalue weighted by molar-refractivity contribution is 7.14. The van der Waals surface area contributed by atoms with E-state index in [9.17, 15) is 9.59 Å². The molecule has 0 aliphatic rings. The summed E-state index contributed by atoms with van der Waals surface area (Å²) in [4.78, 5) is 27.6. The Kier molecular flexibility index (Phi) is 4.70. The molecule has 0 spiro atoms. The Morgan fingerprint density at radius 1 is 1.33 bits per heavy atom. The highest BCUT2D eigenvalue weighted by Gasteiger charge is 2.12. The van der Waals surface area contributed by atoms with Crippen molar-refractivity contribution >= 4 is 28.3 Å². The third-order valence-corrected chi connectivity index (χ3v) is 3.76. The normalized spacial score (nSPS) is 10.2. The first-order valence-corrected chi connectivity index (χ1v) is 7.27. The lowest BCUT2D eigenvalue weighted by molar-refractivity contribution is -0.139. The molecule has 1 heterocycles. The molecule has 0 atom stereocenters. The second-order valence-corrected chi connectivity index (χ2v) is 5.53. The minimum atomic E-state index is -0.354. The highest BCUT2D eigenvalue weighted by Crippen LogP contribution is 2.18. The molecule has 0 aliphatic heterocycles. The number of aromatic nitrogens is 1. The van der Waals surface area contributed by atoms with E-state index < -0.39 is 0 Å². The first-order chi connectivity index (χ1) is 9.99. The summed E-state index contributed by atoms with van der Waals surface area (Å²) in [5.74, 6) is -0.556. The lowest BCUT2D eigenvalue weighted by Gasteiger charge is -2.06. The van der Waals surface area contributed by atoms with Crippen LogP contribution in [0.4, 0.5) is 5.13 Å². The van der Waals surface area contributed by atoms with Crippen molar-refractivity contribution in [3.8, 4) is 0 Å². The van der Waals surface area contributed by atoms with Gasteiger partial charge in [-0.15, -0.1) is 11.3 Å². The zero-order valence-corrected chi connectivity index (χ0v) is 12.9. The summed E-state index contributed by atoms with van der Waals surface area (Å²) in [6.07, 6.45) is 0.104. The van der Waals surface area contributed by atoms with E-state index in [0.717, 1.165) is 11.1 Å². The minimum absolute atomic E-state index is 0.104. The SMILES string of the molecule is COC(=O)Cc1csc(NC(=O)c2ccc(C)cc2C)n1. The molecular formula is C15H16N2O3S. The summed E-state index contributed by atoms with van der Waals surface area (Å²) >= 11 is 1.28. The quantitative estimate of drug-likeness (QED) is 0.882. The molecule has 6 heteroatoms. The second kappa shape index (κ2) is 6.49. The molecule has 0 unspecified atom stereocenters. The Morgan fingerprint density at radius 3 is 2.76 bits per heavy atom. The lowest BCUT2D eigenvalue weighted by atomic mass is 10.1.